The number of aliphatic carboxylic acids is 1. The summed E-state index contributed by atoms with van der Waals surface area (Å²) in [4.78, 5) is 26.4. The van der Waals surface area contributed by atoms with Crippen LogP contribution in [0.2, 0.25) is 0 Å². The average Bonchev–Trinajstić information content (AvgIpc) is 0.673. The lowest BCUT2D eigenvalue weighted by molar-refractivity contribution is -0.406. The summed E-state index contributed by atoms with van der Waals surface area (Å²) in [6.45, 7) is 14.9. The Morgan fingerprint density at radius 3 is 1.65 bits per heavy atom. The monoisotopic (exact) mass is 1450 g/mol. The third-order valence-corrected chi connectivity index (χ3v) is 25.6. The molecule has 0 radical (unpaired) electrons. The van der Waals surface area contributed by atoms with Crippen LogP contribution in [0.1, 0.15) is 132 Å². The van der Waals surface area contributed by atoms with Gasteiger partial charge in [0.1, 0.15) is 129 Å². The van der Waals surface area contributed by atoms with Crippen LogP contribution in [0, 0.1) is 50.2 Å². The van der Waals surface area contributed by atoms with Crippen LogP contribution in [0.5, 0.6) is 0 Å². The molecule has 0 bridgehead atoms. The minimum Gasteiger partial charge on any atom is -0.481 e. The Labute approximate surface area is 587 Å². The minimum atomic E-state index is -2.26. The number of hydrogen-bond donors (Lipinski definition) is 18. The summed E-state index contributed by atoms with van der Waals surface area (Å²) in [7, 11) is 0. The number of hydrogen-bond acceptors (Lipinski definition) is 30. The molecule has 5 saturated heterocycles. The molecule has 0 amide bonds. The molecule has 10 rings (SSSR count). The molecule has 0 aromatic heterocycles. The Morgan fingerprint density at radius 1 is 0.564 bits per heavy atom. The number of carbonyl (C=O) groups is 2. The quantitative estimate of drug-likeness (QED) is 0.0218. The fourth-order valence-electron chi connectivity index (χ4n) is 19.3. The van der Waals surface area contributed by atoms with E-state index < -0.39 is 232 Å². The summed E-state index contributed by atoms with van der Waals surface area (Å²) in [5.74, 6) is -1.92. The lowest BCUT2D eigenvalue weighted by atomic mass is 9.33. The first-order chi connectivity index (χ1) is 47.4. The first kappa shape index (κ1) is 80.6. The van der Waals surface area contributed by atoms with E-state index in [4.69, 9.17) is 52.1 Å². The van der Waals surface area contributed by atoms with Gasteiger partial charge in [0, 0.05) is 11.0 Å². The number of rotatable bonds is 23. The number of fused-ring (bicyclic) bond motifs is 7. The third kappa shape index (κ3) is 14.7. The van der Waals surface area contributed by atoms with E-state index in [-0.39, 0.29) is 53.6 Å². The van der Waals surface area contributed by atoms with Gasteiger partial charge in [0.15, 0.2) is 31.5 Å². The van der Waals surface area contributed by atoms with Gasteiger partial charge in [-0.3, -0.25) is 4.79 Å². The zero-order valence-electron chi connectivity index (χ0n) is 58.8. The largest absolute Gasteiger partial charge is 0.481 e. The molecule has 34 atom stereocenters. The number of carboxylic acid groups (broad SMARTS) is 1. The van der Waals surface area contributed by atoms with Gasteiger partial charge in [-0.25, -0.2) is 4.79 Å². The number of aliphatic hydroxyl groups is 17. The van der Waals surface area contributed by atoms with E-state index in [1.807, 2.05) is 0 Å². The van der Waals surface area contributed by atoms with Crippen molar-refractivity contribution in [2.45, 2.75) is 298 Å². The van der Waals surface area contributed by atoms with Gasteiger partial charge in [-0.1, -0.05) is 65.3 Å². The van der Waals surface area contributed by atoms with Crippen molar-refractivity contribution >= 4 is 11.9 Å². The van der Waals surface area contributed by atoms with Crippen LogP contribution in [0.25, 0.3) is 0 Å². The molecule has 31 heteroatoms. The van der Waals surface area contributed by atoms with E-state index in [2.05, 4.69) is 54.2 Å². The standard InChI is InChI=1S/C70H112O31/c1-10-66(7,90)17-11-12-31(2)57(87)91-29-38-44(78)47(81)50(84)59(96-38)100-55-48(82)43(77)35(26-72)94-62(55)99-54-45(79)36(27-73)93-60(52(54)86)98-53-37(28-74)95-61(56(51(53)85)101-58-49(83)46(80)42(76)34(25-71)92-58)97-41-16-18-67(8)39(65(41,5)6)15-19-68(9)40(67)14-13-32-33-24-64(3,4)20-21-69(33,63(88)89)22-23-70(32,68)30-75/h10,12-13,33-56,58-62,71-86,90H,1,11,14-30H2,2-9H3,(H,88,89). The number of allylic oxidation sites excluding steroid dienone is 2. The summed E-state index contributed by atoms with van der Waals surface area (Å²) in [5, 5.41) is 201. The van der Waals surface area contributed by atoms with Crippen molar-refractivity contribution in [2.75, 3.05) is 39.6 Å². The molecule has 34 unspecified atom stereocenters. The zero-order valence-corrected chi connectivity index (χ0v) is 58.8. The van der Waals surface area contributed by atoms with Crippen molar-refractivity contribution < 1.29 is 154 Å². The Kier molecular flexibility index (Phi) is 24.7. The maximum absolute atomic E-state index is 13.4. The van der Waals surface area contributed by atoms with Gasteiger partial charge in [0.05, 0.1) is 50.2 Å². The zero-order chi connectivity index (χ0) is 74.2. The fraction of sp³-hybridized carbons (Fsp3) is 0.886. The van der Waals surface area contributed by atoms with Crippen LogP contribution in [-0.2, 0) is 61.7 Å². The first-order valence-corrected chi connectivity index (χ1v) is 35.6. The predicted molar refractivity (Wildman–Crippen MR) is 345 cm³/mol. The van der Waals surface area contributed by atoms with E-state index in [0.717, 1.165) is 12.0 Å². The molecule has 31 nitrogen and oxygen atoms in total. The van der Waals surface area contributed by atoms with E-state index in [1.54, 1.807) is 0 Å². The second kappa shape index (κ2) is 31.0. The SMILES string of the molecule is C=CC(C)(O)CCC=C(C)C(=O)OCC1OC(OC2C(OC3C(O)C(CO)OC(OC4C(CO)OC(OC5CCC6(C)C(CCC7(C)C6CC=C6C8CC(C)(C)CCC8(C(=O)O)CCC67CO)C5(C)C)C(OC5OC(CO)C(O)C(O)C5O)C4O)C3O)OC(CO)C(O)C2O)C(O)C(O)C1O. The van der Waals surface area contributed by atoms with Gasteiger partial charge in [0.2, 0.25) is 0 Å². The van der Waals surface area contributed by atoms with Gasteiger partial charge in [-0.05, 0) is 130 Å². The van der Waals surface area contributed by atoms with Crippen molar-refractivity contribution in [2.24, 2.45) is 50.2 Å². The average molecular weight is 1450 g/mol. The van der Waals surface area contributed by atoms with Gasteiger partial charge in [-0.2, -0.15) is 0 Å². The number of aliphatic hydroxyl groups excluding tert-OH is 16. The topological polar surface area (TPSA) is 500 Å². The van der Waals surface area contributed by atoms with Crippen LogP contribution in [0.3, 0.4) is 0 Å². The number of carboxylic acids is 1. The van der Waals surface area contributed by atoms with Crippen LogP contribution < -0.4 is 0 Å². The Hall–Kier alpha value is -2.92. The minimum absolute atomic E-state index is 0.0374. The number of esters is 1. The first-order valence-electron chi connectivity index (χ1n) is 35.6. The predicted octanol–water partition coefficient (Wildman–Crippen LogP) is -2.46. The summed E-state index contributed by atoms with van der Waals surface area (Å²) < 4.78 is 66.9. The molecule has 0 aromatic carbocycles. The Balaban J connectivity index is 0.887. The molecule has 18 N–H and O–H groups in total. The van der Waals surface area contributed by atoms with Crippen LogP contribution >= 0.6 is 0 Å². The molecular formula is C70H112O31. The van der Waals surface area contributed by atoms with Gasteiger partial charge in [0.25, 0.3) is 0 Å². The molecule has 5 aliphatic heterocycles. The number of carbonyl (C=O) groups excluding carboxylic acids is 1. The van der Waals surface area contributed by atoms with Crippen molar-refractivity contribution in [3.63, 3.8) is 0 Å². The van der Waals surface area contributed by atoms with E-state index >= 15 is 0 Å². The molecule has 10 aliphatic rings. The highest BCUT2D eigenvalue weighted by Gasteiger charge is 2.71. The number of ether oxygens (including phenoxy) is 11. The molecule has 578 valence electrons. The summed E-state index contributed by atoms with van der Waals surface area (Å²) in [5.41, 5.74) is -3.24. The van der Waals surface area contributed by atoms with E-state index in [0.29, 0.717) is 57.8 Å². The maximum Gasteiger partial charge on any atom is 0.333 e. The van der Waals surface area contributed by atoms with Crippen LogP contribution in [-0.4, -0.2) is 309 Å². The smallest absolute Gasteiger partial charge is 0.333 e. The lowest BCUT2D eigenvalue weighted by Crippen LogP contribution is -2.69. The van der Waals surface area contributed by atoms with Crippen molar-refractivity contribution in [3.05, 3.63) is 36.0 Å². The normalized spacial score (nSPS) is 48.9. The Morgan fingerprint density at radius 2 is 1.07 bits per heavy atom. The van der Waals surface area contributed by atoms with Crippen LogP contribution in [0.15, 0.2) is 36.0 Å². The molecule has 5 heterocycles. The summed E-state index contributed by atoms with van der Waals surface area (Å²) in [6, 6.07) is 0. The van der Waals surface area contributed by atoms with Gasteiger partial charge in [-0.15, -0.1) is 6.58 Å². The molecule has 5 aliphatic carbocycles. The van der Waals surface area contributed by atoms with E-state index in [1.165, 1.54) is 26.0 Å². The highest BCUT2D eigenvalue weighted by molar-refractivity contribution is 5.87. The highest BCUT2D eigenvalue weighted by atomic mass is 16.8. The lowest BCUT2D eigenvalue weighted by Gasteiger charge is -2.71. The van der Waals surface area contributed by atoms with Crippen molar-refractivity contribution in [1.29, 1.82) is 0 Å². The maximum atomic E-state index is 13.4. The summed E-state index contributed by atoms with van der Waals surface area (Å²) in [6.07, 6.45) is -37.7. The highest BCUT2D eigenvalue weighted by Crippen LogP contribution is 2.76. The molecule has 101 heavy (non-hydrogen) atoms. The molecule has 0 aromatic rings. The third-order valence-electron chi connectivity index (χ3n) is 25.6. The van der Waals surface area contributed by atoms with E-state index in [9.17, 15) is 102 Å². The van der Waals surface area contributed by atoms with Crippen LogP contribution in [0.4, 0.5) is 0 Å². The van der Waals surface area contributed by atoms with Gasteiger partial charge < -0.3 is 144 Å². The van der Waals surface area contributed by atoms with Crippen molar-refractivity contribution in [1.82, 2.24) is 0 Å². The molecule has 9 fully saturated rings. The molecule has 0 spiro atoms. The van der Waals surface area contributed by atoms with Crippen molar-refractivity contribution in [3.8, 4) is 0 Å². The summed E-state index contributed by atoms with van der Waals surface area (Å²) >= 11 is 0. The second-order valence-electron chi connectivity index (χ2n) is 32.4. The fourth-order valence-corrected chi connectivity index (χ4v) is 19.3. The molecular weight excluding hydrogens is 1340 g/mol. The van der Waals surface area contributed by atoms with Gasteiger partial charge >= 0.3 is 11.9 Å². The second-order valence-corrected chi connectivity index (χ2v) is 32.4. The molecule has 4 saturated carbocycles. The Bertz CT molecular complexity index is 2910.